The summed E-state index contributed by atoms with van der Waals surface area (Å²) in [4.78, 5) is 15.4. The number of H-pyrrole nitrogens is 1. The van der Waals surface area contributed by atoms with Crippen LogP contribution >= 0.6 is 0 Å². The Hall–Kier alpha value is -1.43. The highest BCUT2D eigenvalue weighted by atomic mass is 16.1. The largest absolute Gasteiger partial charge is 0.355 e. The van der Waals surface area contributed by atoms with Crippen LogP contribution in [0.4, 0.5) is 0 Å². The quantitative estimate of drug-likeness (QED) is 0.608. The van der Waals surface area contributed by atoms with Crippen molar-refractivity contribution in [2.45, 2.75) is 26.3 Å². The summed E-state index contributed by atoms with van der Waals surface area (Å²) in [7, 11) is 0. The third kappa shape index (κ3) is 3.67. The van der Waals surface area contributed by atoms with Crippen molar-refractivity contribution in [3.63, 3.8) is 0 Å². The molecule has 0 aromatic carbocycles. The van der Waals surface area contributed by atoms with Crippen LogP contribution in [0, 0.1) is 5.92 Å². The highest BCUT2D eigenvalue weighted by molar-refractivity contribution is 5.78. The summed E-state index contributed by atoms with van der Waals surface area (Å²) in [6.45, 7) is 4.18. The normalized spacial score (nSPS) is 14.6. The number of nitrogens with zero attached hydrogens (tertiary/aromatic N) is 2. The number of carbonyl (C=O) groups is 1. The van der Waals surface area contributed by atoms with Crippen LogP contribution in [0.15, 0.2) is 6.33 Å². The lowest BCUT2D eigenvalue weighted by atomic mass is 10.0. The SMILES string of the molecule is CC(N)C(C)C(=O)NCCc1ncn[nH]1. The van der Waals surface area contributed by atoms with Crippen molar-refractivity contribution in [1.82, 2.24) is 20.5 Å². The van der Waals surface area contributed by atoms with Crippen LogP contribution in [0.2, 0.25) is 0 Å². The number of nitrogens with one attached hydrogen (secondary N) is 2. The highest BCUT2D eigenvalue weighted by Crippen LogP contribution is 1.99. The smallest absolute Gasteiger partial charge is 0.224 e. The Morgan fingerprint density at radius 3 is 2.93 bits per heavy atom. The van der Waals surface area contributed by atoms with Crippen molar-refractivity contribution in [1.29, 1.82) is 0 Å². The van der Waals surface area contributed by atoms with E-state index in [9.17, 15) is 4.79 Å². The maximum absolute atomic E-state index is 11.5. The zero-order valence-corrected chi connectivity index (χ0v) is 9.03. The fraction of sp³-hybridized carbons (Fsp3) is 0.667. The summed E-state index contributed by atoms with van der Waals surface area (Å²) in [6.07, 6.45) is 2.10. The van der Waals surface area contributed by atoms with Gasteiger partial charge in [-0.2, -0.15) is 5.10 Å². The average molecular weight is 211 g/mol. The summed E-state index contributed by atoms with van der Waals surface area (Å²) in [5, 5.41) is 9.24. The molecule has 0 fully saturated rings. The predicted octanol–water partition coefficient (Wildman–Crippen LogP) is -0.553. The molecule has 6 heteroatoms. The summed E-state index contributed by atoms with van der Waals surface area (Å²) < 4.78 is 0. The monoisotopic (exact) mass is 211 g/mol. The second-order valence-electron chi connectivity index (χ2n) is 3.62. The number of carbonyl (C=O) groups excluding carboxylic acids is 1. The van der Waals surface area contributed by atoms with Gasteiger partial charge in [-0.25, -0.2) is 4.98 Å². The van der Waals surface area contributed by atoms with Gasteiger partial charge >= 0.3 is 0 Å². The number of nitrogens with two attached hydrogens (primary N) is 1. The molecule has 0 aliphatic rings. The zero-order valence-electron chi connectivity index (χ0n) is 9.03. The number of hydrogen-bond donors (Lipinski definition) is 3. The van der Waals surface area contributed by atoms with Gasteiger partial charge in [-0.1, -0.05) is 6.92 Å². The number of amides is 1. The number of aromatic nitrogens is 3. The fourth-order valence-electron chi connectivity index (χ4n) is 1.06. The van der Waals surface area contributed by atoms with Gasteiger partial charge in [0.1, 0.15) is 12.2 Å². The lowest BCUT2D eigenvalue weighted by Crippen LogP contribution is -2.39. The average Bonchev–Trinajstić information content (AvgIpc) is 2.69. The van der Waals surface area contributed by atoms with Gasteiger partial charge in [0.2, 0.25) is 5.91 Å². The van der Waals surface area contributed by atoms with E-state index in [0.717, 1.165) is 5.82 Å². The minimum Gasteiger partial charge on any atom is -0.355 e. The maximum Gasteiger partial charge on any atom is 0.224 e. The van der Waals surface area contributed by atoms with E-state index in [-0.39, 0.29) is 17.9 Å². The molecule has 0 saturated carbocycles. The second-order valence-corrected chi connectivity index (χ2v) is 3.62. The molecule has 0 saturated heterocycles. The zero-order chi connectivity index (χ0) is 11.3. The maximum atomic E-state index is 11.5. The molecule has 0 bridgehead atoms. The molecule has 4 N–H and O–H groups in total. The second kappa shape index (κ2) is 5.45. The summed E-state index contributed by atoms with van der Waals surface area (Å²) in [6, 6.07) is -0.129. The third-order valence-corrected chi connectivity index (χ3v) is 2.33. The molecule has 1 heterocycles. The van der Waals surface area contributed by atoms with E-state index < -0.39 is 0 Å². The van der Waals surface area contributed by atoms with Gasteiger partial charge in [0.25, 0.3) is 0 Å². The molecule has 1 aromatic heterocycles. The van der Waals surface area contributed by atoms with Gasteiger partial charge in [-0.15, -0.1) is 0 Å². The lowest BCUT2D eigenvalue weighted by molar-refractivity contribution is -0.124. The number of hydrogen-bond acceptors (Lipinski definition) is 4. The van der Waals surface area contributed by atoms with Crippen LogP contribution in [0.5, 0.6) is 0 Å². The lowest BCUT2D eigenvalue weighted by Gasteiger charge is -2.14. The van der Waals surface area contributed by atoms with E-state index in [2.05, 4.69) is 20.5 Å². The molecule has 0 aliphatic carbocycles. The van der Waals surface area contributed by atoms with Gasteiger partial charge in [0, 0.05) is 24.9 Å². The van der Waals surface area contributed by atoms with Crippen LogP contribution in [-0.4, -0.2) is 33.7 Å². The molecule has 15 heavy (non-hydrogen) atoms. The molecule has 2 unspecified atom stereocenters. The fourth-order valence-corrected chi connectivity index (χ4v) is 1.06. The molecule has 84 valence electrons. The Kier molecular flexibility index (Phi) is 4.23. The summed E-state index contributed by atoms with van der Waals surface area (Å²) in [5.74, 6) is 0.577. The highest BCUT2D eigenvalue weighted by Gasteiger charge is 2.16. The molecular weight excluding hydrogens is 194 g/mol. The van der Waals surface area contributed by atoms with Gasteiger partial charge in [0.05, 0.1) is 0 Å². The van der Waals surface area contributed by atoms with E-state index in [1.807, 2.05) is 13.8 Å². The van der Waals surface area contributed by atoms with Crippen molar-refractivity contribution >= 4 is 5.91 Å². The van der Waals surface area contributed by atoms with E-state index in [1.54, 1.807) is 0 Å². The Balaban J connectivity index is 2.23. The van der Waals surface area contributed by atoms with Crippen LogP contribution in [-0.2, 0) is 11.2 Å². The summed E-state index contributed by atoms with van der Waals surface area (Å²) in [5.41, 5.74) is 5.61. The van der Waals surface area contributed by atoms with Crippen LogP contribution in [0.3, 0.4) is 0 Å². The van der Waals surface area contributed by atoms with Crippen molar-refractivity contribution in [3.05, 3.63) is 12.2 Å². The first-order valence-electron chi connectivity index (χ1n) is 4.98. The Morgan fingerprint density at radius 1 is 1.67 bits per heavy atom. The van der Waals surface area contributed by atoms with Crippen molar-refractivity contribution in [2.24, 2.45) is 11.7 Å². The summed E-state index contributed by atoms with van der Waals surface area (Å²) >= 11 is 0. The molecule has 0 spiro atoms. The van der Waals surface area contributed by atoms with E-state index >= 15 is 0 Å². The minimum atomic E-state index is -0.167. The molecule has 1 amide bonds. The van der Waals surface area contributed by atoms with E-state index in [1.165, 1.54) is 6.33 Å². The van der Waals surface area contributed by atoms with E-state index in [0.29, 0.717) is 13.0 Å². The van der Waals surface area contributed by atoms with Crippen LogP contribution in [0.25, 0.3) is 0 Å². The Morgan fingerprint density at radius 2 is 2.40 bits per heavy atom. The van der Waals surface area contributed by atoms with Crippen molar-refractivity contribution in [3.8, 4) is 0 Å². The predicted molar refractivity (Wildman–Crippen MR) is 55.9 cm³/mol. The Labute approximate surface area is 88.7 Å². The van der Waals surface area contributed by atoms with Gasteiger partial charge in [-0.3, -0.25) is 9.89 Å². The third-order valence-electron chi connectivity index (χ3n) is 2.33. The number of rotatable bonds is 5. The first-order valence-corrected chi connectivity index (χ1v) is 4.98. The molecule has 1 rings (SSSR count). The minimum absolute atomic E-state index is 0.0236. The van der Waals surface area contributed by atoms with Gasteiger partial charge < -0.3 is 11.1 Å². The van der Waals surface area contributed by atoms with Gasteiger partial charge in [-0.05, 0) is 6.92 Å². The molecule has 0 aliphatic heterocycles. The van der Waals surface area contributed by atoms with Crippen molar-refractivity contribution < 1.29 is 4.79 Å². The molecule has 1 aromatic rings. The van der Waals surface area contributed by atoms with Crippen LogP contribution in [0.1, 0.15) is 19.7 Å². The molecular formula is C9H17N5O. The first-order chi connectivity index (χ1) is 7.11. The topological polar surface area (TPSA) is 96.7 Å². The first kappa shape index (κ1) is 11.6. The number of aromatic amines is 1. The molecule has 0 radical (unpaired) electrons. The van der Waals surface area contributed by atoms with Crippen molar-refractivity contribution in [2.75, 3.05) is 6.54 Å². The van der Waals surface area contributed by atoms with Crippen LogP contribution < -0.4 is 11.1 Å². The Bertz CT molecular complexity index is 295. The molecule has 6 nitrogen and oxygen atoms in total. The molecule has 2 atom stereocenters. The van der Waals surface area contributed by atoms with E-state index in [4.69, 9.17) is 5.73 Å². The standard InChI is InChI=1S/C9H17N5O/c1-6(7(2)10)9(15)11-4-3-8-12-5-13-14-8/h5-7H,3-4,10H2,1-2H3,(H,11,15)(H,12,13,14). The van der Waals surface area contributed by atoms with Gasteiger partial charge in [0.15, 0.2) is 0 Å².